The van der Waals surface area contributed by atoms with E-state index < -0.39 is 0 Å². The van der Waals surface area contributed by atoms with E-state index in [0.717, 1.165) is 61.9 Å². The third-order valence-corrected chi connectivity index (χ3v) is 9.37. The Morgan fingerprint density at radius 1 is 0.380 bits per heavy atom. The molecule has 50 heavy (non-hydrogen) atoms. The number of para-hydroxylation sites is 2. The van der Waals surface area contributed by atoms with Crippen LogP contribution in [-0.2, 0) is 0 Å². The molecule has 9 aromatic rings. The van der Waals surface area contributed by atoms with Crippen LogP contribution >= 0.6 is 0 Å². The van der Waals surface area contributed by atoms with Crippen molar-refractivity contribution in [3.05, 3.63) is 170 Å². The van der Waals surface area contributed by atoms with Crippen LogP contribution in [0.1, 0.15) is 0 Å². The highest BCUT2D eigenvalue weighted by molar-refractivity contribution is 6.01. The van der Waals surface area contributed by atoms with Gasteiger partial charge in [-0.25, -0.2) is 19.9 Å². The van der Waals surface area contributed by atoms with Gasteiger partial charge in [-0.3, -0.25) is 9.47 Å². The Kier molecular flexibility index (Phi) is 6.39. The number of hydrogen-bond acceptors (Lipinski definition) is 5. The lowest BCUT2D eigenvalue weighted by molar-refractivity contribution is 1.05. The van der Waals surface area contributed by atoms with E-state index in [0.29, 0.717) is 17.5 Å². The third-order valence-electron chi connectivity index (χ3n) is 9.37. The van der Waals surface area contributed by atoms with E-state index in [2.05, 4.69) is 119 Å². The van der Waals surface area contributed by atoms with Gasteiger partial charge < -0.3 is 0 Å². The average molecular weight is 641 g/mol. The second kappa shape index (κ2) is 11.4. The maximum atomic E-state index is 5.35. The molecule has 0 radical (unpaired) electrons. The molecule has 3 heterocycles. The average Bonchev–Trinajstić information content (AvgIpc) is 3.49. The molecule has 0 unspecified atom stereocenters. The van der Waals surface area contributed by atoms with Gasteiger partial charge in [0.25, 0.3) is 0 Å². The van der Waals surface area contributed by atoms with Crippen LogP contribution in [0.2, 0.25) is 0 Å². The number of anilines is 3. The van der Waals surface area contributed by atoms with E-state index in [-0.39, 0.29) is 0 Å². The van der Waals surface area contributed by atoms with Crippen LogP contribution in [0.5, 0.6) is 0 Å². The molecule has 0 spiro atoms. The van der Waals surface area contributed by atoms with Gasteiger partial charge in [-0.15, -0.1) is 0 Å². The Morgan fingerprint density at radius 2 is 0.860 bits per heavy atom. The van der Waals surface area contributed by atoms with E-state index >= 15 is 0 Å². The lowest BCUT2D eigenvalue weighted by Gasteiger charge is -2.24. The molecule has 1 aliphatic rings. The molecule has 0 aliphatic carbocycles. The largest absolute Gasteiger partial charge is 0.280 e. The van der Waals surface area contributed by atoms with Crippen molar-refractivity contribution in [3.8, 4) is 51.0 Å². The fourth-order valence-electron chi connectivity index (χ4n) is 6.99. The van der Waals surface area contributed by atoms with Crippen molar-refractivity contribution in [2.45, 2.75) is 0 Å². The number of imidazole rings is 1. The fraction of sp³-hybridized carbons (Fsp3) is 0. The standard InChI is InChI=1S/C44H28N6/c1-3-13-29(14-4-1)41-46-42(30-15-5-2-6-16-30)48-43(47-41)31-23-25-34(26-24-31)49-38-21-11-9-19-35(38)36-20-10-12-22-39(36)50-40-28-33-18-8-7-17-32(33)27-37(40)45-44(49)50/h1-28H. The number of rotatable bonds is 4. The smallest absolute Gasteiger partial charge is 0.220 e. The maximum absolute atomic E-state index is 5.35. The van der Waals surface area contributed by atoms with Gasteiger partial charge in [0, 0.05) is 33.5 Å². The lowest BCUT2D eigenvalue weighted by atomic mass is 10.0. The minimum Gasteiger partial charge on any atom is -0.280 e. The molecule has 0 amide bonds. The zero-order chi connectivity index (χ0) is 33.0. The predicted molar refractivity (Wildman–Crippen MR) is 202 cm³/mol. The molecule has 234 valence electrons. The van der Waals surface area contributed by atoms with E-state index in [4.69, 9.17) is 19.9 Å². The van der Waals surface area contributed by atoms with Crippen molar-refractivity contribution < 1.29 is 0 Å². The molecule has 0 fully saturated rings. The van der Waals surface area contributed by atoms with Crippen molar-refractivity contribution in [1.82, 2.24) is 24.5 Å². The highest BCUT2D eigenvalue weighted by atomic mass is 15.3. The minimum absolute atomic E-state index is 0.617. The van der Waals surface area contributed by atoms with Crippen molar-refractivity contribution in [2.24, 2.45) is 0 Å². The molecule has 2 aromatic heterocycles. The maximum Gasteiger partial charge on any atom is 0.220 e. The normalized spacial score (nSPS) is 12.0. The summed E-state index contributed by atoms with van der Waals surface area (Å²) in [4.78, 5) is 22.4. The summed E-state index contributed by atoms with van der Waals surface area (Å²) >= 11 is 0. The van der Waals surface area contributed by atoms with Crippen LogP contribution in [0.3, 0.4) is 0 Å². The lowest BCUT2D eigenvalue weighted by Crippen LogP contribution is -2.14. The molecule has 6 nitrogen and oxygen atoms in total. The van der Waals surface area contributed by atoms with E-state index in [1.165, 1.54) is 10.8 Å². The first-order chi connectivity index (χ1) is 24.8. The molecule has 6 heteroatoms. The van der Waals surface area contributed by atoms with Gasteiger partial charge in [-0.2, -0.15) is 0 Å². The van der Waals surface area contributed by atoms with Gasteiger partial charge in [-0.1, -0.05) is 121 Å². The minimum atomic E-state index is 0.617. The summed E-state index contributed by atoms with van der Waals surface area (Å²) in [5.74, 6) is 2.72. The van der Waals surface area contributed by atoms with Crippen LogP contribution in [0.15, 0.2) is 170 Å². The topological polar surface area (TPSA) is 59.7 Å². The summed E-state index contributed by atoms with van der Waals surface area (Å²) in [6, 6.07) is 58.7. The number of aromatic nitrogens is 5. The Balaban J connectivity index is 1.16. The van der Waals surface area contributed by atoms with Gasteiger partial charge in [0.05, 0.1) is 22.4 Å². The molecule has 0 N–H and O–H groups in total. The van der Waals surface area contributed by atoms with E-state index in [9.17, 15) is 0 Å². The molecule has 0 atom stereocenters. The van der Waals surface area contributed by atoms with E-state index in [1.807, 2.05) is 60.7 Å². The fourth-order valence-corrected chi connectivity index (χ4v) is 6.99. The quantitative estimate of drug-likeness (QED) is 0.192. The summed E-state index contributed by atoms with van der Waals surface area (Å²) in [6.07, 6.45) is 0. The Morgan fingerprint density at radius 3 is 1.48 bits per heavy atom. The van der Waals surface area contributed by atoms with Crippen LogP contribution in [-0.4, -0.2) is 24.5 Å². The Bertz CT molecular complexity index is 2640. The highest BCUT2D eigenvalue weighted by Gasteiger charge is 2.29. The molecule has 0 bridgehead atoms. The molecule has 0 saturated heterocycles. The monoisotopic (exact) mass is 640 g/mol. The molecular formula is C44H28N6. The number of benzene rings is 7. The van der Waals surface area contributed by atoms with Crippen molar-refractivity contribution in [1.29, 1.82) is 0 Å². The van der Waals surface area contributed by atoms with Gasteiger partial charge >= 0.3 is 0 Å². The van der Waals surface area contributed by atoms with Crippen LogP contribution in [0.25, 0.3) is 72.8 Å². The van der Waals surface area contributed by atoms with Gasteiger partial charge in [-0.05, 0) is 59.3 Å². The summed E-state index contributed by atoms with van der Waals surface area (Å²) in [6.45, 7) is 0. The van der Waals surface area contributed by atoms with Crippen LogP contribution in [0, 0.1) is 0 Å². The zero-order valence-corrected chi connectivity index (χ0v) is 26.8. The van der Waals surface area contributed by atoms with Crippen LogP contribution < -0.4 is 4.90 Å². The van der Waals surface area contributed by atoms with Gasteiger partial charge in [0.2, 0.25) is 5.95 Å². The molecule has 10 rings (SSSR count). The van der Waals surface area contributed by atoms with Gasteiger partial charge in [0.1, 0.15) is 0 Å². The molecule has 0 saturated carbocycles. The molecule has 1 aliphatic heterocycles. The van der Waals surface area contributed by atoms with Crippen molar-refractivity contribution in [3.63, 3.8) is 0 Å². The van der Waals surface area contributed by atoms with Gasteiger partial charge in [0.15, 0.2) is 17.5 Å². The Hall–Kier alpha value is -6.92. The number of fused-ring (bicyclic) bond motifs is 8. The first-order valence-corrected chi connectivity index (χ1v) is 16.7. The Labute approximate surface area is 288 Å². The van der Waals surface area contributed by atoms with E-state index in [1.54, 1.807) is 0 Å². The first kappa shape index (κ1) is 28.1. The van der Waals surface area contributed by atoms with Crippen molar-refractivity contribution >= 4 is 39.1 Å². The SMILES string of the molecule is c1ccc(-c2nc(-c3ccccc3)nc(-c3ccc(N4c5ccccc5-c5ccccc5-n5c4nc4cc6ccccc6cc45)cc3)n2)cc1. The second-order valence-electron chi connectivity index (χ2n) is 12.4. The predicted octanol–water partition coefficient (Wildman–Crippen LogP) is 10.8. The van der Waals surface area contributed by atoms with Crippen molar-refractivity contribution in [2.75, 3.05) is 4.90 Å². The summed E-state index contributed by atoms with van der Waals surface area (Å²) in [5, 5.41) is 2.35. The molecular weight excluding hydrogens is 613 g/mol. The third kappa shape index (κ3) is 4.58. The number of nitrogens with zero attached hydrogens (tertiary/aromatic N) is 6. The highest BCUT2D eigenvalue weighted by Crippen LogP contribution is 2.48. The zero-order valence-electron chi connectivity index (χ0n) is 26.8. The molecule has 7 aromatic carbocycles. The summed E-state index contributed by atoms with van der Waals surface area (Å²) < 4.78 is 2.30. The number of hydrogen-bond donors (Lipinski definition) is 0. The second-order valence-corrected chi connectivity index (χ2v) is 12.4. The van der Waals surface area contributed by atoms with Crippen LogP contribution in [0.4, 0.5) is 17.3 Å². The first-order valence-electron chi connectivity index (χ1n) is 16.7. The summed E-state index contributed by atoms with van der Waals surface area (Å²) in [7, 11) is 0. The summed E-state index contributed by atoms with van der Waals surface area (Å²) in [5.41, 5.74) is 10.2.